The van der Waals surface area contributed by atoms with Gasteiger partial charge in [0.15, 0.2) is 0 Å². The lowest BCUT2D eigenvalue weighted by Gasteiger charge is -2.25. The van der Waals surface area contributed by atoms with Gasteiger partial charge >= 0.3 is 0 Å². The molecule has 0 spiro atoms. The van der Waals surface area contributed by atoms with Gasteiger partial charge in [-0.05, 0) is 22.8 Å². The smallest absolute Gasteiger partial charge is 0.0233 e. The van der Waals surface area contributed by atoms with Crippen LogP contribution in [-0.2, 0) is 6.42 Å². The van der Waals surface area contributed by atoms with E-state index in [-0.39, 0.29) is 0 Å². The van der Waals surface area contributed by atoms with Crippen LogP contribution in [0.2, 0.25) is 0 Å². The Morgan fingerprint density at radius 2 is 1.88 bits per heavy atom. The van der Waals surface area contributed by atoms with E-state index in [0.29, 0.717) is 6.04 Å². The molecule has 0 amide bonds. The summed E-state index contributed by atoms with van der Waals surface area (Å²) in [5.74, 6) is 0. The maximum atomic E-state index is 3.57. The molecule has 1 heterocycles. The topological polar surface area (TPSA) is 24.1 Å². The molecule has 2 aromatic rings. The molecule has 2 heteroatoms. The molecule has 1 saturated heterocycles. The van der Waals surface area contributed by atoms with Gasteiger partial charge in [0.25, 0.3) is 0 Å². The zero-order valence-corrected chi connectivity index (χ0v) is 9.95. The summed E-state index contributed by atoms with van der Waals surface area (Å²) >= 11 is 0. The highest BCUT2D eigenvalue weighted by molar-refractivity contribution is 5.85. The molecule has 0 bridgehead atoms. The molecular weight excluding hydrogens is 208 g/mol. The van der Waals surface area contributed by atoms with Gasteiger partial charge < -0.3 is 10.6 Å². The second kappa shape index (κ2) is 4.86. The zero-order valence-electron chi connectivity index (χ0n) is 9.95. The molecule has 2 N–H and O–H groups in total. The molecule has 2 aromatic carbocycles. The first-order valence-electron chi connectivity index (χ1n) is 6.34. The van der Waals surface area contributed by atoms with Gasteiger partial charge in [-0.2, -0.15) is 0 Å². The minimum absolute atomic E-state index is 0.564. The Kier molecular flexibility index (Phi) is 3.08. The first kappa shape index (κ1) is 10.8. The summed E-state index contributed by atoms with van der Waals surface area (Å²) in [5.41, 5.74) is 1.45. The molecular formula is C15H18N2. The Bertz CT molecular complexity index is 496. The lowest BCUT2D eigenvalue weighted by atomic mass is 9.98. The van der Waals surface area contributed by atoms with E-state index in [1.54, 1.807) is 0 Å². The molecule has 1 aliphatic heterocycles. The molecule has 0 aliphatic carbocycles. The number of benzene rings is 2. The molecule has 1 unspecified atom stereocenters. The number of hydrogen-bond donors (Lipinski definition) is 2. The van der Waals surface area contributed by atoms with Gasteiger partial charge in [0.05, 0.1) is 0 Å². The van der Waals surface area contributed by atoms with E-state index in [1.807, 2.05) is 0 Å². The van der Waals surface area contributed by atoms with E-state index in [0.717, 1.165) is 26.1 Å². The lowest BCUT2D eigenvalue weighted by Crippen LogP contribution is -2.49. The van der Waals surface area contributed by atoms with Crippen LogP contribution in [0.15, 0.2) is 42.5 Å². The molecule has 3 rings (SSSR count). The fraction of sp³-hybridized carbons (Fsp3) is 0.333. The average molecular weight is 226 g/mol. The van der Waals surface area contributed by atoms with Crippen LogP contribution in [-0.4, -0.2) is 25.7 Å². The molecule has 0 aromatic heterocycles. The molecule has 1 atom stereocenters. The molecule has 2 nitrogen and oxygen atoms in total. The Morgan fingerprint density at radius 1 is 1.00 bits per heavy atom. The molecule has 1 aliphatic rings. The van der Waals surface area contributed by atoms with Crippen molar-refractivity contribution in [3.8, 4) is 0 Å². The van der Waals surface area contributed by atoms with E-state index in [9.17, 15) is 0 Å². The summed E-state index contributed by atoms with van der Waals surface area (Å²) in [5, 5.41) is 9.74. The van der Waals surface area contributed by atoms with Crippen LogP contribution in [0.3, 0.4) is 0 Å². The third kappa shape index (κ3) is 2.33. The molecule has 0 radical (unpaired) electrons. The summed E-state index contributed by atoms with van der Waals surface area (Å²) in [4.78, 5) is 0. The minimum Gasteiger partial charge on any atom is -0.314 e. The van der Waals surface area contributed by atoms with Crippen molar-refractivity contribution in [2.45, 2.75) is 12.5 Å². The second-order valence-electron chi connectivity index (χ2n) is 4.70. The van der Waals surface area contributed by atoms with Crippen molar-refractivity contribution in [3.05, 3.63) is 48.0 Å². The SMILES string of the molecule is c1ccc2c(CC3CNCCN3)cccc2c1. The molecule has 1 fully saturated rings. The van der Waals surface area contributed by atoms with E-state index in [1.165, 1.54) is 16.3 Å². The maximum absolute atomic E-state index is 3.57. The van der Waals surface area contributed by atoms with Gasteiger partial charge in [-0.25, -0.2) is 0 Å². The van der Waals surface area contributed by atoms with Crippen LogP contribution in [0.5, 0.6) is 0 Å². The quantitative estimate of drug-likeness (QED) is 0.818. The Balaban J connectivity index is 1.89. The lowest BCUT2D eigenvalue weighted by molar-refractivity contribution is 0.417. The van der Waals surface area contributed by atoms with Gasteiger partial charge in [0, 0.05) is 25.7 Å². The van der Waals surface area contributed by atoms with Gasteiger partial charge in [0.1, 0.15) is 0 Å². The van der Waals surface area contributed by atoms with Gasteiger partial charge in [-0.1, -0.05) is 42.5 Å². The van der Waals surface area contributed by atoms with Gasteiger partial charge in [-0.15, -0.1) is 0 Å². The molecule has 0 saturated carbocycles. The van der Waals surface area contributed by atoms with Crippen molar-refractivity contribution in [1.29, 1.82) is 0 Å². The predicted octanol–water partition coefficient (Wildman–Crippen LogP) is 1.94. The Morgan fingerprint density at radius 3 is 2.76 bits per heavy atom. The van der Waals surface area contributed by atoms with Crippen molar-refractivity contribution in [2.24, 2.45) is 0 Å². The largest absolute Gasteiger partial charge is 0.314 e. The van der Waals surface area contributed by atoms with Crippen LogP contribution in [0.25, 0.3) is 10.8 Å². The van der Waals surface area contributed by atoms with Gasteiger partial charge in [-0.3, -0.25) is 0 Å². The first-order chi connectivity index (χ1) is 8.43. The summed E-state index contributed by atoms with van der Waals surface area (Å²) in [6.45, 7) is 3.24. The normalized spacial score (nSPS) is 20.6. The van der Waals surface area contributed by atoms with E-state index >= 15 is 0 Å². The predicted molar refractivity (Wildman–Crippen MR) is 72.3 cm³/mol. The summed E-state index contributed by atoms with van der Waals surface area (Å²) in [6, 6.07) is 15.8. The van der Waals surface area contributed by atoms with E-state index < -0.39 is 0 Å². The van der Waals surface area contributed by atoms with Crippen molar-refractivity contribution in [1.82, 2.24) is 10.6 Å². The van der Waals surface area contributed by atoms with Crippen molar-refractivity contribution in [2.75, 3.05) is 19.6 Å². The van der Waals surface area contributed by atoms with E-state index in [4.69, 9.17) is 0 Å². The third-order valence-corrected chi connectivity index (χ3v) is 3.47. The number of fused-ring (bicyclic) bond motifs is 1. The summed E-state index contributed by atoms with van der Waals surface area (Å²) < 4.78 is 0. The number of hydrogen-bond acceptors (Lipinski definition) is 2. The third-order valence-electron chi connectivity index (χ3n) is 3.47. The number of rotatable bonds is 2. The summed E-state index contributed by atoms with van der Waals surface area (Å²) in [7, 11) is 0. The highest BCUT2D eigenvalue weighted by Gasteiger charge is 2.13. The maximum Gasteiger partial charge on any atom is 0.0233 e. The van der Waals surface area contributed by atoms with Gasteiger partial charge in [0.2, 0.25) is 0 Å². The van der Waals surface area contributed by atoms with Crippen molar-refractivity contribution >= 4 is 10.8 Å². The van der Waals surface area contributed by atoms with Crippen LogP contribution in [0.1, 0.15) is 5.56 Å². The fourth-order valence-corrected chi connectivity index (χ4v) is 2.59. The average Bonchev–Trinajstić information content (AvgIpc) is 2.40. The highest BCUT2D eigenvalue weighted by atomic mass is 15.0. The first-order valence-corrected chi connectivity index (χ1v) is 6.34. The summed E-state index contributed by atoms with van der Waals surface area (Å²) in [6.07, 6.45) is 1.11. The van der Waals surface area contributed by atoms with Crippen LogP contribution in [0.4, 0.5) is 0 Å². The van der Waals surface area contributed by atoms with E-state index in [2.05, 4.69) is 53.1 Å². The number of piperazine rings is 1. The molecule has 17 heavy (non-hydrogen) atoms. The highest BCUT2D eigenvalue weighted by Crippen LogP contribution is 2.19. The van der Waals surface area contributed by atoms with Crippen LogP contribution < -0.4 is 10.6 Å². The second-order valence-corrected chi connectivity index (χ2v) is 4.70. The standard InChI is InChI=1S/C15H18N2/c1-2-7-15-12(4-1)5-3-6-13(15)10-14-11-16-8-9-17-14/h1-7,14,16-17H,8-11H2. The Hall–Kier alpha value is -1.38. The van der Waals surface area contributed by atoms with Crippen molar-refractivity contribution in [3.63, 3.8) is 0 Å². The minimum atomic E-state index is 0.564. The monoisotopic (exact) mass is 226 g/mol. The molecule has 88 valence electrons. The zero-order chi connectivity index (χ0) is 11.5. The fourth-order valence-electron chi connectivity index (χ4n) is 2.59. The van der Waals surface area contributed by atoms with Crippen molar-refractivity contribution < 1.29 is 0 Å². The number of nitrogens with one attached hydrogen (secondary N) is 2. The van der Waals surface area contributed by atoms with Crippen LogP contribution in [0, 0.1) is 0 Å². The van der Waals surface area contributed by atoms with Crippen LogP contribution >= 0.6 is 0 Å². The Labute approximate surface area is 102 Å².